The van der Waals surface area contributed by atoms with Crippen LogP contribution in [0.4, 0.5) is 13.2 Å². The molecular weight excluding hydrogens is 323 g/mol. The summed E-state index contributed by atoms with van der Waals surface area (Å²) < 4.78 is 48.6. The summed E-state index contributed by atoms with van der Waals surface area (Å²) >= 11 is 0. The second-order valence-corrected chi connectivity index (χ2v) is 5.88. The Balaban J connectivity index is 1.62. The molecule has 5 nitrogen and oxygen atoms in total. The van der Waals surface area contributed by atoms with Crippen molar-refractivity contribution in [1.29, 1.82) is 0 Å². The van der Waals surface area contributed by atoms with Gasteiger partial charge in [-0.05, 0) is 30.5 Å². The number of likely N-dealkylation sites (tertiary alicyclic amines) is 1. The molecule has 0 N–H and O–H groups in total. The van der Waals surface area contributed by atoms with Gasteiger partial charge < -0.3 is 9.26 Å². The molecule has 0 bridgehead atoms. The van der Waals surface area contributed by atoms with Crippen LogP contribution in [0.1, 0.15) is 35.2 Å². The number of nitrogens with zero attached hydrogens (tertiary/aromatic N) is 3. The highest BCUT2D eigenvalue weighted by Gasteiger charge is 2.32. The molecule has 1 aliphatic heterocycles. The first-order valence-corrected chi connectivity index (χ1v) is 7.65. The van der Waals surface area contributed by atoms with E-state index in [4.69, 9.17) is 9.26 Å². The molecule has 0 spiro atoms. The average Bonchev–Trinajstić information content (AvgIpc) is 3.17. The number of alkyl halides is 3. The van der Waals surface area contributed by atoms with Gasteiger partial charge in [0.05, 0.1) is 12.1 Å². The van der Waals surface area contributed by atoms with Crippen LogP contribution in [0.5, 0.6) is 0 Å². The van der Waals surface area contributed by atoms with Crippen LogP contribution in [0.15, 0.2) is 28.8 Å². The highest BCUT2D eigenvalue weighted by molar-refractivity contribution is 5.29. The third-order valence-corrected chi connectivity index (χ3v) is 4.10. The van der Waals surface area contributed by atoms with E-state index in [9.17, 15) is 13.2 Å². The minimum absolute atomic E-state index is 0.0775. The second-order valence-electron chi connectivity index (χ2n) is 5.88. The number of hydrogen-bond donors (Lipinski definition) is 0. The Labute approximate surface area is 137 Å². The van der Waals surface area contributed by atoms with E-state index < -0.39 is 11.7 Å². The maximum absolute atomic E-state index is 12.8. The van der Waals surface area contributed by atoms with E-state index in [1.165, 1.54) is 12.1 Å². The van der Waals surface area contributed by atoms with Crippen molar-refractivity contribution in [3.63, 3.8) is 0 Å². The summed E-state index contributed by atoms with van der Waals surface area (Å²) in [6.07, 6.45) is -3.50. The van der Waals surface area contributed by atoms with Gasteiger partial charge in [0.2, 0.25) is 5.89 Å². The lowest BCUT2D eigenvalue weighted by atomic mass is 9.96. The topological polar surface area (TPSA) is 51.4 Å². The van der Waals surface area contributed by atoms with E-state index in [1.54, 1.807) is 13.2 Å². The number of halogens is 3. The molecule has 2 heterocycles. The summed E-state index contributed by atoms with van der Waals surface area (Å²) in [5.41, 5.74) is 0.123. The van der Waals surface area contributed by atoms with Gasteiger partial charge in [-0.25, -0.2) is 0 Å². The molecule has 24 heavy (non-hydrogen) atoms. The maximum atomic E-state index is 12.8. The fraction of sp³-hybridized carbons (Fsp3) is 0.500. The van der Waals surface area contributed by atoms with Crippen LogP contribution < -0.4 is 0 Å². The number of benzene rings is 1. The van der Waals surface area contributed by atoms with E-state index in [0.29, 0.717) is 24.8 Å². The molecule has 1 aromatic heterocycles. The van der Waals surface area contributed by atoms with Crippen LogP contribution in [0, 0.1) is 0 Å². The molecule has 0 saturated carbocycles. The Bertz CT molecular complexity index is 687. The average molecular weight is 341 g/mol. The fourth-order valence-electron chi connectivity index (χ4n) is 2.95. The summed E-state index contributed by atoms with van der Waals surface area (Å²) in [6, 6.07) is 5.58. The van der Waals surface area contributed by atoms with Gasteiger partial charge in [-0.15, -0.1) is 0 Å². The SMILES string of the molecule is COCc1noc(CN2CC[C@H](c3cccc(C(F)(F)F)c3)C2)n1. The van der Waals surface area contributed by atoms with Crippen molar-refractivity contribution in [2.45, 2.75) is 31.7 Å². The molecule has 1 aliphatic rings. The Morgan fingerprint density at radius 2 is 2.21 bits per heavy atom. The molecule has 8 heteroatoms. The van der Waals surface area contributed by atoms with Crippen molar-refractivity contribution in [2.75, 3.05) is 20.2 Å². The Morgan fingerprint density at radius 1 is 1.38 bits per heavy atom. The molecule has 130 valence electrons. The van der Waals surface area contributed by atoms with Gasteiger partial charge in [0, 0.05) is 13.7 Å². The summed E-state index contributed by atoms with van der Waals surface area (Å²) in [5.74, 6) is 1.06. The highest BCUT2D eigenvalue weighted by atomic mass is 19.4. The smallest absolute Gasteiger partial charge is 0.377 e. The van der Waals surface area contributed by atoms with Crippen LogP contribution in [-0.4, -0.2) is 35.2 Å². The van der Waals surface area contributed by atoms with Gasteiger partial charge in [-0.3, -0.25) is 4.90 Å². The molecule has 0 unspecified atom stereocenters. The Kier molecular flexibility index (Phi) is 4.86. The molecule has 0 aliphatic carbocycles. The fourth-order valence-corrected chi connectivity index (χ4v) is 2.95. The lowest BCUT2D eigenvalue weighted by Crippen LogP contribution is -2.20. The Hall–Kier alpha value is -1.93. The third-order valence-electron chi connectivity index (χ3n) is 4.10. The van der Waals surface area contributed by atoms with Crippen LogP contribution in [-0.2, 0) is 24.1 Å². The van der Waals surface area contributed by atoms with E-state index in [1.807, 2.05) is 0 Å². The summed E-state index contributed by atoms with van der Waals surface area (Å²) in [7, 11) is 1.55. The summed E-state index contributed by atoms with van der Waals surface area (Å²) in [6.45, 7) is 2.23. The molecule has 1 fully saturated rings. The summed E-state index contributed by atoms with van der Waals surface area (Å²) in [4.78, 5) is 6.32. The number of methoxy groups -OCH3 is 1. The standard InChI is InChI=1S/C16H18F3N3O2/c1-23-10-14-20-15(24-21-14)9-22-6-5-12(8-22)11-3-2-4-13(7-11)16(17,18)19/h2-4,7,12H,5-6,8-10H2,1H3/t12-/m0/s1. The van der Waals surface area contributed by atoms with Crippen molar-refractivity contribution < 1.29 is 22.4 Å². The van der Waals surface area contributed by atoms with Gasteiger partial charge in [-0.1, -0.05) is 23.4 Å². The minimum atomic E-state index is -4.31. The zero-order valence-corrected chi connectivity index (χ0v) is 13.2. The first kappa shape index (κ1) is 16.9. The van der Waals surface area contributed by atoms with E-state index in [2.05, 4.69) is 15.0 Å². The molecule has 1 aromatic carbocycles. The van der Waals surface area contributed by atoms with Crippen LogP contribution >= 0.6 is 0 Å². The number of aromatic nitrogens is 2. The first-order chi connectivity index (χ1) is 11.5. The zero-order chi connectivity index (χ0) is 17.2. The van der Waals surface area contributed by atoms with Crippen LogP contribution in [0.25, 0.3) is 0 Å². The number of rotatable bonds is 5. The minimum Gasteiger partial charge on any atom is -0.377 e. The van der Waals surface area contributed by atoms with E-state index in [0.717, 1.165) is 24.6 Å². The second kappa shape index (κ2) is 6.90. The molecule has 3 rings (SSSR count). The van der Waals surface area contributed by atoms with Crippen molar-refractivity contribution >= 4 is 0 Å². The van der Waals surface area contributed by atoms with Gasteiger partial charge in [0.15, 0.2) is 5.82 Å². The van der Waals surface area contributed by atoms with Crippen LogP contribution in [0.3, 0.4) is 0 Å². The zero-order valence-electron chi connectivity index (χ0n) is 13.2. The molecular formula is C16H18F3N3O2. The predicted octanol–water partition coefficient (Wildman–Crippen LogP) is 3.22. The van der Waals surface area contributed by atoms with Crippen molar-refractivity contribution in [1.82, 2.24) is 15.0 Å². The third kappa shape index (κ3) is 3.93. The molecule has 0 amide bonds. The maximum Gasteiger partial charge on any atom is 0.416 e. The molecule has 1 saturated heterocycles. The van der Waals surface area contributed by atoms with Crippen molar-refractivity contribution in [2.24, 2.45) is 0 Å². The molecule has 0 radical (unpaired) electrons. The Morgan fingerprint density at radius 3 is 2.96 bits per heavy atom. The van der Waals surface area contributed by atoms with E-state index >= 15 is 0 Å². The van der Waals surface area contributed by atoms with E-state index in [-0.39, 0.29) is 12.5 Å². The molecule has 1 atom stereocenters. The van der Waals surface area contributed by atoms with Gasteiger partial charge >= 0.3 is 6.18 Å². The first-order valence-electron chi connectivity index (χ1n) is 7.65. The lowest BCUT2D eigenvalue weighted by molar-refractivity contribution is -0.137. The lowest BCUT2D eigenvalue weighted by Gasteiger charge is -2.15. The monoisotopic (exact) mass is 341 g/mol. The largest absolute Gasteiger partial charge is 0.416 e. The quantitative estimate of drug-likeness (QED) is 0.836. The number of ether oxygens (including phenoxy) is 1. The van der Waals surface area contributed by atoms with Crippen molar-refractivity contribution in [3.8, 4) is 0 Å². The number of hydrogen-bond acceptors (Lipinski definition) is 5. The van der Waals surface area contributed by atoms with Crippen molar-refractivity contribution in [3.05, 3.63) is 47.1 Å². The highest BCUT2D eigenvalue weighted by Crippen LogP contribution is 2.34. The normalized spacial score (nSPS) is 19.1. The van der Waals surface area contributed by atoms with Crippen LogP contribution in [0.2, 0.25) is 0 Å². The van der Waals surface area contributed by atoms with Gasteiger partial charge in [0.25, 0.3) is 0 Å². The van der Waals surface area contributed by atoms with Gasteiger partial charge in [-0.2, -0.15) is 18.2 Å². The predicted molar refractivity (Wildman–Crippen MR) is 79.1 cm³/mol. The summed E-state index contributed by atoms with van der Waals surface area (Å²) in [5, 5.41) is 3.80. The molecule has 2 aromatic rings. The van der Waals surface area contributed by atoms with Gasteiger partial charge in [0.1, 0.15) is 6.61 Å².